The number of nitrogens with zero attached hydrogens (tertiary/aromatic N) is 2. The van der Waals surface area contributed by atoms with Crippen LogP contribution < -0.4 is 4.90 Å². The van der Waals surface area contributed by atoms with E-state index in [4.69, 9.17) is 0 Å². The van der Waals surface area contributed by atoms with Crippen molar-refractivity contribution in [2.45, 2.75) is 27.2 Å². The van der Waals surface area contributed by atoms with E-state index in [0.29, 0.717) is 0 Å². The number of hydrogen-bond donors (Lipinski definition) is 0. The van der Waals surface area contributed by atoms with Gasteiger partial charge >= 0.3 is 0 Å². The van der Waals surface area contributed by atoms with Crippen LogP contribution in [0.5, 0.6) is 0 Å². The van der Waals surface area contributed by atoms with Crippen LogP contribution in [0, 0.1) is 13.8 Å². The van der Waals surface area contributed by atoms with Gasteiger partial charge in [0.25, 0.3) is 0 Å². The highest BCUT2D eigenvalue weighted by Crippen LogP contribution is 2.31. The zero-order valence-electron chi connectivity index (χ0n) is 10.9. The molecule has 0 saturated carbocycles. The lowest BCUT2D eigenvalue weighted by Gasteiger charge is -2.14. The molecule has 1 aromatic carbocycles. The molecule has 1 aromatic heterocycles. The van der Waals surface area contributed by atoms with Gasteiger partial charge < -0.3 is 0 Å². The molecule has 1 amide bonds. The minimum absolute atomic E-state index is 0.0741. The minimum atomic E-state index is 0.0741. The van der Waals surface area contributed by atoms with Crippen molar-refractivity contribution in [3.8, 4) is 0 Å². The van der Waals surface area contributed by atoms with Crippen LogP contribution in [0.3, 0.4) is 0 Å². The molecule has 0 atom stereocenters. The molecule has 0 aliphatic carbocycles. The van der Waals surface area contributed by atoms with E-state index >= 15 is 0 Å². The van der Waals surface area contributed by atoms with E-state index < -0.39 is 0 Å². The van der Waals surface area contributed by atoms with Gasteiger partial charge in [0, 0.05) is 18.9 Å². The highest BCUT2D eigenvalue weighted by atomic mass is 16.2. The molecule has 3 heteroatoms. The number of benzene rings is 1. The maximum Gasteiger partial charge on any atom is 0.225 e. The molecule has 1 aliphatic heterocycles. The van der Waals surface area contributed by atoms with Gasteiger partial charge in [0.05, 0.1) is 5.52 Å². The fraction of sp³-hybridized carbons (Fsp3) is 0.333. The van der Waals surface area contributed by atoms with Crippen LogP contribution in [0.1, 0.15) is 23.6 Å². The number of aromatic nitrogens is 1. The van der Waals surface area contributed by atoms with Crippen molar-refractivity contribution in [3.63, 3.8) is 0 Å². The van der Waals surface area contributed by atoms with E-state index in [0.717, 1.165) is 24.3 Å². The zero-order chi connectivity index (χ0) is 12.9. The summed E-state index contributed by atoms with van der Waals surface area (Å²) in [5, 5.41) is 1.20. The van der Waals surface area contributed by atoms with Gasteiger partial charge in [-0.3, -0.25) is 9.69 Å². The summed E-state index contributed by atoms with van der Waals surface area (Å²) < 4.78 is 0. The van der Waals surface area contributed by atoms with E-state index in [1.54, 1.807) is 11.8 Å². The lowest BCUT2D eigenvalue weighted by molar-refractivity contribution is -0.116. The Bertz CT molecular complexity index is 661. The standard InChI is InChI=1S/C15H16N2O/c1-9-6-10(2)13-8-12-4-5-17(11(3)18)15(12)16-14(13)7-9/h6-8H,4-5H2,1-3H3. The van der Waals surface area contributed by atoms with Crippen molar-refractivity contribution in [3.05, 3.63) is 34.9 Å². The smallest absolute Gasteiger partial charge is 0.225 e. The molecule has 0 bridgehead atoms. The Morgan fingerprint density at radius 1 is 1.28 bits per heavy atom. The van der Waals surface area contributed by atoms with Gasteiger partial charge in [0.2, 0.25) is 5.91 Å². The molecule has 92 valence electrons. The fourth-order valence-electron chi connectivity index (χ4n) is 2.72. The number of rotatable bonds is 0. The van der Waals surface area contributed by atoms with Crippen molar-refractivity contribution < 1.29 is 4.79 Å². The van der Waals surface area contributed by atoms with Crippen LogP contribution >= 0.6 is 0 Å². The van der Waals surface area contributed by atoms with Crippen molar-refractivity contribution in [1.29, 1.82) is 0 Å². The van der Waals surface area contributed by atoms with Gasteiger partial charge in [-0.25, -0.2) is 4.98 Å². The van der Waals surface area contributed by atoms with Crippen LogP contribution in [-0.2, 0) is 11.2 Å². The quantitative estimate of drug-likeness (QED) is 0.709. The average Bonchev–Trinajstić information content (AvgIpc) is 2.69. The second kappa shape index (κ2) is 3.80. The second-order valence-corrected chi connectivity index (χ2v) is 5.04. The number of hydrogen-bond acceptors (Lipinski definition) is 2. The van der Waals surface area contributed by atoms with Gasteiger partial charge in [0.15, 0.2) is 0 Å². The zero-order valence-corrected chi connectivity index (χ0v) is 10.9. The third kappa shape index (κ3) is 1.58. The fourth-order valence-corrected chi connectivity index (χ4v) is 2.72. The topological polar surface area (TPSA) is 33.2 Å². The predicted molar refractivity (Wildman–Crippen MR) is 72.9 cm³/mol. The number of amides is 1. The SMILES string of the molecule is CC(=O)N1CCc2cc3c(C)cc(C)cc3nc21. The van der Waals surface area contributed by atoms with Crippen molar-refractivity contribution in [1.82, 2.24) is 4.98 Å². The molecule has 2 aromatic rings. The molecular formula is C15H16N2O. The Balaban J connectivity index is 2.27. The Morgan fingerprint density at radius 3 is 2.78 bits per heavy atom. The van der Waals surface area contributed by atoms with Crippen LogP contribution in [-0.4, -0.2) is 17.4 Å². The van der Waals surface area contributed by atoms with E-state index in [1.165, 1.54) is 22.1 Å². The molecule has 18 heavy (non-hydrogen) atoms. The largest absolute Gasteiger partial charge is 0.296 e. The highest BCUT2D eigenvalue weighted by molar-refractivity contribution is 5.95. The summed E-state index contributed by atoms with van der Waals surface area (Å²) in [4.78, 5) is 18.0. The van der Waals surface area contributed by atoms with Crippen molar-refractivity contribution in [2.75, 3.05) is 11.4 Å². The monoisotopic (exact) mass is 240 g/mol. The molecular weight excluding hydrogens is 224 g/mol. The predicted octanol–water partition coefficient (Wildman–Crippen LogP) is 2.76. The number of carbonyl (C=O) groups is 1. The number of aryl methyl sites for hydroxylation is 2. The molecule has 0 N–H and O–H groups in total. The molecule has 0 fully saturated rings. The lowest BCUT2D eigenvalue weighted by atomic mass is 10.0. The van der Waals surface area contributed by atoms with E-state index in [1.807, 2.05) is 0 Å². The van der Waals surface area contributed by atoms with Gasteiger partial charge in [-0.05, 0) is 49.1 Å². The van der Waals surface area contributed by atoms with E-state index in [-0.39, 0.29) is 5.91 Å². The van der Waals surface area contributed by atoms with Gasteiger partial charge in [-0.2, -0.15) is 0 Å². The number of pyridine rings is 1. The van der Waals surface area contributed by atoms with Crippen LogP contribution in [0.25, 0.3) is 10.9 Å². The lowest BCUT2D eigenvalue weighted by Crippen LogP contribution is -2.26. The number of carbonyl (C=O) groups excluding carboxylic acids is 1. The third-order valence-electron chi connectivity index (χ3n) is 3.58. The highest BCUT2D eigenvalue weighted by Gasteiger charge is 2.24. The van der Waals surface area contributed by atoms with Crippen LogP contribution in [0.4, 0.5) is 5.82 Å². The summed E-state index contributed by atoms with van der Waals surface area (Å²) in [5.74, 6) is 0.921. The van der Waals surface area contributed by atoms with E-state index in [9.17, 15) is 4.79 Å². The van der Waals surface area contributed by atoms with Gasteiger partial charge in [0.1, 0.15) is 5.82 Å². The van der Waals surface area contributed by atoms with Crippen molar-refractivity contribution >= 4 is 22.6 Å². The van der Waals surface area contributed by atoms with Crippen LogP contribution in [0.2, 0.25) is 0 Å². The summed E-state index contributed by atoms with van der Waals surface area (Å²) in [6.07, 6.45) is 0.908. The van der Waals surface area contributed by atoms with Crippen LogP contribution in [0.15, 0.2) is 18.2 Å². The molecule has 3 nitrogen and oxygen atoms in total. The summed E-state index contributed by atoms with van der Waals surface area (Å²) in [5.41, 5.74) is 4.63. The first-order chi connectivity index (χ1) is 8.56. The molecule has 0 unspecified atom stereocenters. The Labute approximate surface area is 106 Å². The number of anilines is 1. The Kier molecular flexibility index (Phi) is 2.37. The Hall–Kier alpha value is -1.90. The van der Waals surface area contributed by atoms with Crippen molar-refractivity contribution in [2.24, 2.45) is 0 Å². The second-order valence-electron chi connectivity index (χ2n) is 5.04. The Morgan fingerprint density at radius 2 is 2.06 bits per heavy atom. The summed E-state index contributed by atoms with van der Waals surface area (Å²) in [7, 11) is 0. The molecule has 0 spiro atoms. The minimum Gasteiger partial charge on any atom is -0.296 e. The molecule has 0 saturated heterocycles. The first kappa shape index (κ1) is 11.2. The van der Waals surface area contributed by atoms with Gasteiger partial charge in [-0.15, -0.1) is 0 Å². The summed E-state index contributed by atoms with van der Waals surface area (Å²) in [6.45, 7) is 6.54. The molecule has 2 heterocycles. The molecule has 0 radical (unpaired) electrons. The van der Waals surface area contributed by atoms with Gasteiger partial charge in [-0.1, -0.05) is 6.07 Å². The molecule has 3 rings (SSSR count). The normalized spacial score (nSPS) is 14.1. The first-order valence-electron chi connectivity index (χ1n) is 6.25. The summed E-state index contributed by atoms with van der Waals surface area (Å²) >= 11 is 0. The average molecular weight is 240 g/mol. The summed E-state index contributed by atoms with van der Waals surface area (Å²) in [6, 6.07) is 6.45. The van der Waals surface area contributed by atoms with E-state index in [2.05, 4.69) is 37.0 Å². The first-order valence-corrected chi connectivity index (χ1v) is 6.25. The molecule has 1 aliphatic rings. The third-order valence-corrected chi connectivity index (χ3v) is 3.58. The number of fused-ring (bicyclic) bond motifs is 2. The maximum atomic E-state index is 11.6. The maximum absolute atomic E-state index is 11.6.